The molecule has 7 heteroatoms. The third-order valence-electron chi connectivity index (χ3n) is 12.3. The van der Waals surface area contributed by atoms with E-state index >= 15 is 0 Å². The van der Waals surface area contributed by atoms with Gasteiger partial charge in [-0.3, -0.25) is 0 Å². The molecule has 4 saturated heterocycles. The van der Waals surface area contributed by atoms with E-state index in [2.05, 4.69) is 198 Å². The largest absolute Gasteiger partial charge is 2.00 e. The normalized spacial score (nSPS) is 29.8. The van der Waals surface area contributed by atoms with Crippen LogP contribution in [0.15, 0.2) is 170 Å². The first-order chi connectivity index (χ1) is 28.2. The van der Waals surface area contributed by atoms with Gasteiger partial charge in [-0.05, 0) is 75.6 Å². The Morgan fingerprint density at radius 1 is 0.390 bits per heavy atom. The third kappa shape index (κ3) is 9.50. The van der Waals surface area contributed by atoms with Crippen LogP contribution in [0.25, 0.3) is 0 Å². The predicted octanol–water partition coefficient (Wildman–Crippen LogP) is 10.5. The second kappa shape index (κ2) is 18.4. The van der Waals surface area contributed by atoms with Crippen molar-refractivity contribution in [2.24, 2.45) is 0 Å². The first-order valence-corrected chi connectivity index (χ1v) is 24.0. The van der Waals surface area contributed by atoms with Gasteiger partial charge in [0.15, 0.2) is 11.6 Å². The van der Waals surface area contributed by atoms with Crippen LogP contribution in [0.5, 0.6) is 0 Å². The van der Waals surface area contributed by atoms with Crippen LogP contribution in [-0.4, -0.2) is 58.6 Å². The molecule has 4 fully saturated rings. The van der Waals surface area contributed by atoms with Crippen molar-refractivity contribution in [2.45, 2.75) is 112 Å². The first kappa shape index (κ1) is 42.5. The zero-order valence-electron chi connectivity index (χ0n) is 34.5. The Morgan fingerprint density at radius 3 is 0.864 bits per heavy atom. The molecule has 4 aliphatic heterocycles. The summed E-state index contributed by atoms with van der Waals surface area (Å²) >= 11 is 0. The number of benzene rings is 4. The quantitative estimate of drug-likeness (QED) is 0.0781. The van der Waals surface area contributed by atoms with Gasteiger partial charge in [-0.15, -0.1) is 10.6 Å². The Balaban J connectivity index is 0.000000161. The van der Waals surface area contributed by atoms with E-state index < -0.39 is 27.4 Å². The number of hydrogen-bond acceptors (Lipinski definition) is 4. The van der Waals surface area contributed by atoms with Crippen LogP contribution >= 0.6 is 15.8 Å². The smallest absolute Gasteiger partial charge is 0.344 e. The van der Waals surface area contributed by atoms with Crippen LogP contribution in [0, 0.1) is 0 Å². The molecule has 0 N–H and O–H groups in total. The van der Waals surface area contributed by atoms with Gasteiger partial charge in [-0.2, -0.15) is 24.3 Å². The van der Waals surface area contributed by atoms with Crippen molar-refractivity contribution < 1.29 is 36.0 Å². The molecule has 6 aromatic carbocycles. The van der Waals surface area contributed by atoms with Gasteiger partial charge in [0.2, 0.25) is 0 Å². The Hall–Kier alpha value is -3.20. The minimum atomic E-state index is -0.507. The standard InChI is InChI=1S/2C26H28O2P.Fe/c2*1-26(2)27-24-22(17-19-11-5-3-6-12-19)29(21-15-9-10-16-21)23(25(24)28-26)18-20-13-7-4-8-14-20;/h2*3-16,22-25H,17-18H2,1-2H3;/q2*-1;+2/t2*22-,23-,24+,25+;/m00./s1. The van der Waals surface area contributed by atoms with Crippen LogP contribution in [0.2, 0.25) is 0 Å². The number of ether oxygens (including phenoxy) is 4. The Morgan fingerprint density at radius 2 is 0.644 bits per heavy atom. The van der Waals surface area contributed by atoms with Crippen molar-refractivity contribution in [1.82, 2.24) is 0 Å². The van der Waals surface area contributed by atoms with E-state index in [0.29, 0.717) is 22.6 Å². The van der Waals surface area contributed by atoms with Crippen LogP contribution in [0.3, 0.4) is 0 Å². The van der Waals surface area contributed by atoms with Gasteiger partial charge in [0, 0.05) is 22.6 Å². The molecule has 8 atom stereocenters. The molecule has 4 nitrogen and oxygen atoms in total. The van der Waals surface area contributed by atoms with Gasteiger partial charge in [-0.25, -0.2) is 24.3 Å². The average Bonchev–Trinajstić information content (AvgIpc) is 4.09. The molecule has 0 unspecified atom stereocenters. The van der Waals surface area contributed by atoms with Crippen molar-refractivity contribution in [3.05, 3.63) is 192 Å². The summed E-state index contributed by atoms with van der Waals surface area (Å²) in [6.45, 7) is 8.26. The van der Waals surface area contributed by atoms with E-state index in [1.165, 1.54) is 32.9 Å². The van der Waals surface area contributed by atoms with Crippen LogP contribution < -0.4 is 10.6 Å². The SMILES string of the molecule is CC1(C)O[C@H]2[C@H](O1)[C@H](Cc1ccccc1)P(c1ccc[cH-]1)[C@H]2Cc1ccccc1.CC1(C)O[C@H]2[C@H](O1)[C@H](Cc1ccccc1)P(c1ccc[cH-]1)[C@H]2Cc1ccccc1.[Fe+2]. The van der Waals surface area contributed by atoms with E-state index in [9.17, 15) is 0 Å². The summed E-state index contributed by atoms with van der Waals surface area (Å²) in [6, 6.07) is 61.5. The molecular formula is C52H56FeO4P2. The minimum Gasteiger partial charge on any atom is -0.344 e. The number of hydrogen-bond donors (Lipinski definition) is 0. The van der Waals surface area contributed by atoms with Gasteiger partial charge in [0.1, 0.15) is 0 Å². The zero-order valence-corrected chi connectivity index (χ0v) is 37.4. The summed E-state index contributed by atoms with van der Waals surface area (Å²) in [6.07, 6.45) is 4.79. The molecular weight excluding hydrogens is 806 g/mol. The summed E-state index contributed by atoms with van der Waals surface area (Å²) in [7, 11) is -0.804. The molecule has 4 aliphatic rings. The fourth-order valence-electron chi connectivity index (χ4n) is 10.1. The minimum absolute atomic E-state index is 0. The first-order valence-electron chi connectivity index (χ1n) is 21.1. The maximum atomic E-state index is 6.55. The fourth-order valence-corrected chi connectivity index (χ4v) is 17.4. The van der Waals surface area contributed by atoms with Crippen LogP contribution in [0.4, 0.5) is 0 Å². The average molecular weight is 863 g/mol. The van der Waals surface area contributed by atoms with Crippen molar-refractivity contribution >= 4 is 26.5 Å². The van der Waals surface area contributed by atoms with Gasteiger partial charge in [0.25, 0.3) is 0 Å². The molecule has 0 radical (unpaired) electrons. The second-order valence-electron chi connectivity index (χ2n) is 17.3. The number of fused-ring (bicyclic) bond motifs is 2. The van der Waals surface area contributed by atoms with Crippen molar-refractivity contribution in [3.63, 3.8) is 0 Å². The Labute approximate surface area is 364 Å². The molecule has 306 valence electrons. The predicted molar refractivity (Wildman–Crippen MR) is 241 cm³/mol. The van der Waals surface area contributed by atoms with Crippen molar-refractivity contribution in [1.29, 1.82) is 0 Å². The summed E-state index contributed by atoms with van der Waals surface area (Å²) in [4.78, 5) is 0. The molecule has 10 rings (SSSR count). The van der Waals surface area contributed by atoms with E-state index in [1.54, 1.807) is 0 Å². The molecule has 6 aromatic rings. The Bertz CT molecular complexity index is 1890. The van der Waals surface area contributed by atoms with E-state index in [4.69, 9.17) is 18.9 Å². The van der Waals surface area contributed by atoms with E-state index in [-0.39, 0.29) is 41.5 Å². The van der Waals surface area contributed by atoms with Gasteiger partial charge in [-0.1, -0.05) is 137 Å². The summed E-state index contributed by atoms with van der Waals surface area (Å²) in [5.41, 5.74) is 7.44. The van der Waals surface area contributed by atoms with E-state index in [1.807, 2.05) is 0 Å². The molecule has 0 aliphatic carbocycles. The van der Waals surface area contributed by atoms with Crippen LogP contribution in [0.1, 0.15) is 49.9 Å². The molecule has 0 spiro atoms. The molecule has 0 amide bonds. The van der Waals surface area contributed by atoms with Gasteiger partial charge < -0.3 is 18.9 Å². The zero-order chi connectivity index (χ0) is 39.7. The topological polar surface area (TPSA) is 36.9 Å². The maximum Gasteiger partial charge on any atom is 2.00 e. The van der Waals surface area contributed by atoms with Crippen molar-refractivity contribution in [2.75, 3.05) is 0 Å². The molecule has 0 aromatic heterocycles. The van der Waals surface area contributed by atoms with Crippen LogP contribution in [-0.2, 0) is 61.7 Å². The monoisotopic (exact) mass is 862 g/mol. The molecule has 0 saturated carbocycles. The van der Waals surface area contributed by atoms with Gasteiger partial charge >= 0.3 is 17.1 Å². The van der Waals surface area contributed by atoms with E-state index in [0.717, 1.165) is 25.7 Å². The summed E-state index contributed by atoms with van der Waals surface area (Å²) in [5.74, 6) is -1.01. The molecule has 59 heavy (non-hydrogen) atoms. The second-order valence-corrected chi connectivity index (χ2v) is 22.6. The number of rotatable bonds is 10. The van der Waals surface area contributed by atoms with Crippen molar-refractivity contribution in [3.8, 4) is 0 Å². The third-order valence-corrected chi connectivity index (χ3v) is 18.9. The molecule has 0 bridgehead atoms. The molecule has 4 heterocycles. The Kier molecular flexibility index (Phi) is 13.3. The summed E-state index contributed by atoms with van der Waals surface area (Å²) < 4.78 is 26.2. The van der Waals surface area contributed by atoms with Gasteiger partial charge in [0.05, 0.1) is 24.4 Å². The maximum absolute atomic E-state index is 6.55. The summed E-state index contributed by atoms with van der Waals surface area (Å²) in [5, 5.41) is 2.97. The fraction of sp³-hybridized carbons (Fsp3) is 0.346.